The summed E-state index contributed by atoms with van der Waals surface area (Å²) in [7, 11) is -3.71. The number of piperazine rings is 1. The fourth-order valence-corrected chi connectivity index (χ4v) is 4.80. The zero-order valence-corrected chi connectivity index (χ0v) is 15.6. The van der Waals surface area contributed by atoms with E-state index in [1.165, 1.54) is 4.31 Å². The quantitative estimate of drug-likeness (QED) is 0.824. The maximum Gasteiger partial charge on any atom is 0.245 e. The van der Waals surface area contributed by atoms with Crippen molar-refractivity contribution in [3.63, 3.8) is 0 Å². The lowest BCUT2D eigenvalue weighted by Gasteiger charge is -2.38. The predicted molar refractivity (Wildman–Crippen MR) is 98.3 cm³/mol. The Balaban J connectivity index is 1.91. The van der Waals surface area contributed by atoms with Gasteiger partial charge in [0, 0.05) is 23.8 Å². The first-order valence-electron chi connectivity index (χ1n) is 7.97. The molecule has 1 atom stereocenters. The average molecular weight is 379 g/mol. The highest BCUT2D eigenvalue weighted by molar-refractivity contribution is 7.89. The van der Waals surface area contributed by atoms with Gasteiger partial charge < -0.3 is 4.90 Å². The van der Waals surface area contributed by atoms with Gasteiger partial charge in [0.15, 0.2) is 0 Å². The highest BCUT2D eigenvalue weighted by Crippen LogP contribution is 2.30. The molecule has 2 aromatic carbocycles. The lowest BCUT2D eigenvalue weighted by Crippen LogP contribution is -2.57. The number of anilines is 1. The van der Waals surface area contributed by atoms with Gasteiger partial charge in [0.25, 0.3) is 0 Å². The number of benzene rings is 2. The summed E-state index contributed by atoms with van der Waals surface area (Å²) in [5, 5.41) is 0.581. The largest absolute Gasteiger partial charge is 0.309 e. The highest BCUT2D eigenvalue weighted by atomic mass is 35.5. The maximum absolute atomic E-state index is 12.9. The number of hydrogen-bond donors (Lipinski definition) is 0. The maximum atomic E-state index is 12.9. The van der Waals surface area contributed by atoms with Gasteiger partial charge in [-0.05, 0) is 43.7 Å². The average Bonchev–Trinajstić information content (AvgIpc) is 2.60. The highest BCUT2D eigenvalue weighted by Gasteiger charge is 2.39. The van der Waals surface area contributed by atoms with Crippen molar-refractivity contribution in [3.8, 4) is 0 Å². The van der Waals surface area contributed by atoms with Crippen molar-refractivity contribution in [2.24, 2.45) is 0 Å². The molecule has 0 spiro atoms. The van der Waals surface area contributed by atoms with E-state index in [1.807, 2.05) is 13.0 Å². The Labute approximate surface area is 152 Å². The molecule has 0 aliphatic carbocycles. The third-order valence-electron chi connectivity index (χ3n) is 4.48. The zero-order chi connectivity index (χ0) is 18.2. The monoisotopic (exact) mass is 378 g/mol. The van der Waals surface area contributed by atoms with Crippen LogP contribution in [0, 0.1) is 6.92 Å². The summed E-state index contributed by atoms with van der Waals surface area (Å²) in [6, 6.07) is 12.8. The Morgan fingerprint density at radius 2 is 1.72 bits per heavy atom. The SMILES string of the molecule is Cc1c(Cl)cccc1N1CCN(S(=O)(=O)c2ccccc2)[C@@H](C)C1=O. The van der Waals surface area contributed by atoms with Crippen LogP contribution in [0.3, 0.4) is 0 Å². The first-order valence-corrected chi connectivity index (χ1v) is 9.79. The Kier molecular flexibility index (Phi) is 4.86. The molecule has 1 aliphatic rings. The minimum Gasteiger partial charge on any atom is -0.309 e. The first-order chi connectivity index (χ1) is 11.8. The molecular formula is C18H19ClN2O3S. The van der Waals surface area contributed by atoms with E-state index < -0.39 is 16.1 Å². The van der Waals surface area contributed by atoms with Crippen LogP contribution in [0.15, 0.2) is 53.4 Å². The molecule has 0 aromatic heterocycles. The van der Waals surface area contributed by atoms with Gasteiger partial charge in [-0.3, -0.25) is 4.79 Å². The molecule has 132 valence electrons. The molecule has 1 fully saturated rings. The number of carbonyl (C=O) groups excluding carboxylic acids is 1. The predicted octanol–water partition coefficient (Wildman–Crippen LogP) is 3.07. The third-order valence-corrected chi connectivity index (χ3v) is 6.87. The molecule has 1 saturated heterocycles. The second-order valence-corrected chi connectivity index (χ2v) is 8.28. The molecule has 0 saturated carbocycles. The van der Waals surface area contributed by atoms with Crippen LogP contribution in [0.2, 0.25) is 5.02 Å². The molecule has 0 N–H and O–H groups in total. The standard InChI is InChI=1S/C18H19ClN2O3S/c1-13-16(19)9-6-10-17(13)20-11-12-21(14(2)18(20)22)25(23,24)15-7-4-3-5-8-15/h3-10,14H,11-12H2,1-2H3/t14-/m0/s1. The van der Waals surface area contributed by atoms with Crippen LogP contribution in [0.4, 0.5) is 5.69 Å². The van der Waals surface area contributed by atoms with Gasteiger partial charge in [-0.1, -0.05) is 35.9 Å². The topological polar surface area (TPSA) is 57.7 Å². The Hall–Kier alpha value is -1.89. The van der Waals surface area contributed by atoms with E-state index >= 15 is 0 Å². The van der Waals surface area contributed by atoms with Gasteiger partial charge in [-0.15, -0.1) is 0 Å². The minimum atomic E-state index is -3.71. The van der Waals surface area contributed by atoms with Crippen LogP contribution >= 0.6 is 11.6 Å². The number of amides is 1. The summed E-state index contributed by atoms with van der Waals surface area (Å²) in [5.41, 5.74) is 1.53. The zero-order valence-electron chi connectivity index (χ0n) is 14.0. The van der Waals surface area contributed by atoms with E-state index in [0.29, 0.717) is 5.02 Å². The van der Waals surface area contributed by atoms with Gasteiger partial charge in [0.2, 0.25) is 15.9 Å². The van der Waals surface area contributed by atoms with E-state index in [0.717, 1.165) is 11.3 Å². The van der Waals surface area contributed by atoms with Crippen LogP contribution in [-0.2, 0) is 14.8 Å². The molecule has 25 heavy (non-hydrogen) atoms. The van der Waals surface area contributed by atoms with E-state index in [2.05, 4.69) is 0 Å². The molecular weight excluding hydrogens is 360 g/mol. The molecule has 0 unspecified atom stereocenters. The van der Waals surface area contributed by atoms with Crippen molar-refractivity contribution in [2.45, 2.75) is 24.8 Å². The summed E-state index contributed by atoms with van der Waals surface area (Å²) in [5.74, 6) is -0.254. The lowest BCUT2D eigenvalue weighted by molar-refractivity contribution is -0.123. The molecule has 1 amide bonds. The van der Waals surface area contributed by atoms with Crippen molar-refractivity contribution >= 4 is 33.2 Å². The number of sulfonamides is 1. The fraction of sp³-hybridized carbons (Fsp3) is 0.278. The van der Waals surface area contributed by atoms with Gasteiger partial charge in [-0.2, -0.15) is 4.31 Å². The van der Waals surface area contributed by atoms with E-state index in [-0.39, 0.29) is 23.9 Å². The summed E-state index contributed by atoms with van der Waals surface area (Å²) < 4.78 is 26.9. The van der Waals surface area contributed by atoms with E-state index in [9.17, 15) is 13.2 Å². The Bertz CT molecular complexity index is 900. The van der Waals surface area contributed by atoms with Crippen LogP contribution < -0.4 is 4.90 Å². The van der Waals surface area contributed by atoms with Crippen molar-refractivity contribution in [1.29, 1.82) is 0 Å². The van der Waals surface area contributed by atoms with Crippen molar-refractivity contribution in [3.05, 3.63) is 59.1 Å². The first kappa shape index (κ1) is 17.9. The fourth-order valence-electron chi connectivity index (χ4n) is 3.03. The van der Waals surface area contributed by atoms with Crippen molar-refractivity contribution < 1.29 is 13.2 Å². The molecule has 7 heteroatoms. The van der Waals surface area contributed by atoms with Crippen molar-refractivity contribution in [2.75, 3.05) is 18.0 Å². The Morgan fingerprint density at radius 1 is 1.04 bits per heavy atom. The van der Waals surface area contributed by atoms with Crippen LogP contribution in [0.1, 0.15) is 12.5 Å². The number of carbonyl (C=O) groups is 1. The summed E-state index contributed by atoms with van der Waals surface area (Å²) in [6.45, 7) is 3.99. The minimum absolute atomic E-state index is 0.196. The smallest absolute Gasteiger partial charge is 0.245 e. The lowest BCUT2D eigenvalue weighted by atomic mass is 10.1. The summed E-state index contributed by atoms with van der Waals surface area (Å²) in [4.78, 5) is 14.7. The number of nitrogens with zero attached hydrogens (tertiary/aromatic N) is 2. The Morgan fingerprint density at radius 3 is 2.40 bits per heavy atom. The van der Waals surface area contributed by atoms with E-state index in [1.54, 1.807) is 54.3 Å². The van der Waals surface area contributed by atoms with Crippen LogP contribution in [-0.4, -0.2) is 37.8 Å². The summed E-state index contributed by atoms with van der Waals surface area (Å²) >= 11 is 6.15. The molecule has 3 rings (SSSR count). The molecule has 5 nitrogen and oxygen atoms in total. The van der Waals surface area contributed by atoms with E-state index in [4.69, 9.17) is 11.6 Å². The molecule has 0 radical (unpaired) electrons. The van der Waals surface area contributed by atoms with Gasteiger partial charge in [0.1, 0.15) is 6.04 Å². The molecule has 1 heterocycles. The second kappa shape index (κ2) is 6.78. The van der Waals surface area contributed by atoms with Crippen LogP contribution in [0.5, 0.6) is 0 Å². The molecule has 0 bridgehead atoms. The number of hydrogen-bond acceptors (Lipinski definition) is 3. The van der Waals surface area contributed by atoms with Gasteiger partial charge in [0.05, 0.1) is 4.90 Å². The number of halogens is 1. The van der Waals surface area contributed by atoms with Gasteiger partial charge >= 0.3 is 0 Å². The van der Waals surface area contributed by atoms with Gasteiger partial charge in [-0.25, -0.2) is 8.42 Å². The third kappa shape index (κ3) is 3.17. The summed E-state index contributed by atoms with van der Waals surface area (Å²) in [6.07, 6.45) is 0. The number of rotatable bonds is 3. The van der Waals surface area contributed by atoms with Crippen LogP contribution in [0.25, 0.3) is 0 Å². The normalized spacial score (nSPS) is 19.2. The molecule has 1 aliphatic heterocycles. The molecule has 2 aromatic rings. The van der Waals surface area contributed by atoms with Crippen molar-refractivity contribution in [1.82, 2.24) is 4.31 Å². The second-order valence-electron chi connectivity index (χ2n) is 5.98.